The predicted octanol–water partition coefficient (Wildman–Crippen LogP) is 5.04. The number of thioether (sulfide) groups is 1. The first kappa shape index (κ1) is 22.4. The number of rotatable bonds is 8. The van der Waals surface area contributed by atoms with Crippen molar-refractivity contribution in [1.82, 2.24) is 15.0 Å². The molecule has 0 saturated heterocycles. The fraction of sp³-hybridized carbons (Fsp3) is 0.227. The van der Waals surface area contributed by atoms with E-state index in [1.165, 1.54) is 53.2 Å². The predicted molar refractivity (Wildman–Crippen MR) is 129 cm³/mol. The van der Waals surface area contributed by atoms with Crippen molar-refractivity contribution in [1.29, 1.82) is 0 Å². The van der Waals surface area contributed by atoms with Crippen LogP contribution in [0.5, 0.6) is 0 Å². The second-order valence-electron chi connectivity index (χ2n) is 6.82. The molecule has 1 N–H and O–H groups in total. The molecule has 0 fully saturated rings. The number of nitrogens with zero attached hydrogens (tertiary/aromatic N) is 3. The molecule has 4 aromatic rings. The Kier molecular flexibility index (Phi) is 7.13. The maximum Gasteiger partial charge on any atom is 0.317 e. The molecule has 3 aromatic heterocycles. The lowest BCUT2D eigenvalue weighted by Crippen LogP contribution is -2.30. The van der Waals surface area contributed by atoms with Crippen LogP contribution in [0.2, 0.25) is 0 Å². The Hall–Kier alpha value is -2.82. The molecule has 1 atom stereocenters. The molecule has 0 aliphatic heterocycles. The van der Waals surface area contributed by atoms with Gasteiger partial charge in [0.25, 0.3) is 5.91 Å². The number of aromatic nitrogens is 3. The van der Waals surface area contributed by atoms with E-state index >= 15 is 0 Å². The lowest BCUT2D eigenvalue weighted by atomic mass is 10.1. The lowest BCUT2D eigenvalue weighted by Gasteiger charge is -2.12. The summed E-state index contributed by atoms with van der Waals surface area (Å²) in [5.74, 6) is -0.863. The molecule has 0 saturated carbocycles. The van der Waals surface area contributed by atoms with Gasteiger partial charge in [-0.05, 0) is 30.4 Å². The highest BCUT2D eigenvalue weighted by Gasteiger charge is 2.20. The van der Waals surface area contributed by atoms with E-state index < -0.39 is 18.0 Å². The molecule has 0 aliphatic carbocycles. The van der Waals surface area contributed by atoms with Crippen LogP contribution in [-0.2, 0) is 20.7 Å². The first-order chi connectivity index (χ1) is 15.5. The molecular formula is C22H20N4O3S3. The number of aryl methyl sites for hydroxylation is 1. The minimum atomic E-state index is -0.939. The molecule has 0 spiro atoms. The van der Waals surface area contributed by atoms with Gasteiger partial charge in [0, 0.05) is 16.3 Å². The molecule has 0 aliphatic rings. The summed E-state index contributed by atoms with van der Waals surface area (Å²) in [7, 11) is 0. The molecule has 0 bridgehead atoms. The van der Waals surface area contributed by atoms with E-state index in [9.17, 15) is 9.59 Å². The van der Waals surface area contributed by atoms with Crippen LogP contribution in [0.15, 0.2) is 52.4 Å². The SMILES string of the molecule is CCc1ccc(-c2csc(NC(=O)[C@H](C)OC(=O)CSc3ncnc4sccc34)n2)cc1. The van der Waals surface area contributed by atoms with Crippen molar-refractivity contribution in [2.75, 3.05) is 11.1 Å². The Morgan fingerprint density at radius 2 is 1.97 bits per heavy atom. The van der Waals surface area contributed by atoms with Gasteiger partial charge in [0.1, 0.15) is 16.2 Å². The van der Waals surface area contributed by atoms with Crippen LogP contribution in [0.4, 0.5) is 5.13 Å². The number of hydrogen-bond acceptors (Lipinski definition) is 9. The number of amides is 1. The van der Waals surface area contributed by atoms with E-state index in [1.807, 2.05) is 29.0 Å². The summed E-state index contributed by atoms with van der Waals surface area (Å²) in [6, 6.07) is 10.1. The molecule has 1 amide bonds. The number of carbonyl (C=O) groups excluding carboxylic acids is 2. The van der Waals surface area contributed by atoms with E-state index in [0.717, 1.165) is 27.9 Å². The standard InChI is InChI=1S/C22H20N4O3S3/c1-3-14-4-6-15(7-5-14)17-10-32-22(25-17)26-19(28)13(2)29-18(27)11-31-21-16-8-9-30-20(16)23-12-24-21/h4-10,12-13H,3,11H2,1-2H3,(H,25,26,28)/t13-/m0/s1. The van der Waals surface area contributed by atoms with E-state index in [0.29, 0.717) is 10.2 Å². The second kappa shape index (κ2) is 10.2. The summed E-state index contributed by atoms with van der Waals surface area (Å²) < 4.78 is 5.28. The molecule has 3 heterocycles. The van der Waals surface area contributed by atoms with Gasteiger partial charge in [-0.1, -0.05) is 43.0 Å². The number of benzene rings is 1. The van der Waals surface area contributed by atoms with Crippen LogP contribution < -0.4 is 5.32 Å². The van der Waals surface area contributed by atoms with Crippen molar-refractivity contribution in [2.45, 2.75) is 31.4 Å². The quantitative estimate of drug-likeness (QED) is 0.213. The summed E-state index contributed by atoms with van der Waals surface area (Å²) in [5.41, 5.74) is 3.03. The molecule has 0 radical (unpaired) electrons. The Bertz CT molecular complexity index is 1240. The van der Waals surface area contributed by atoms with Crippen LogP contribution in [0.1, 0.15) is 19.4 Å². The second-order valence-corrected chi connectivity index (χ2v) is 9.53. The van der Waals surface area contributed by atoms with Gasteiger partial charge < -0.3 is 4.74 Å². The van der Waals surface area contributed by atoms with Crippen molar-refractivity contribution in [3.63, 3.8) is 0 Å². The van der Waals surface area contributed by atoms with Gasteiger partial charge in [0.05, 0.1) is 11.4 Å². The summed E-state index contributed by atoms with van der Waals surface area (Å²) in [5, 5.41) is 8.62. The van der Waals surface area contributed by atoms with Gasteiger partial charge in [-0.15, -0.1) is 22.7 Å². The average molecular weight is 485 g/mol. The number of fused-ring (bicyclic) bond motifs is 1. The van der Waals surface area contributed by atoms with E-state index in [-0.39, 0.29) is 5.75 Å². The Labute approximate surface area is 197 Å². The molecule has 164 valence electrons. The van der Waals surface area contributed by atoms with Gasteiger partial charge in [0.15, 0.2) is 11.2 Å². The fourth-order valence-corrected chi connectivity index (χ4v) is 5.16. The summed E-state index contributed by atoms with van der Waals surface area (Å²) in [6.45, 7) is 3.65. The topological polar surface area (TPSA) is 94.1 Å². The van der Waals surface area contributed by atoms with Crippen molar-refractivity contribution >= 4 is 61.7 Å². The van der Waals surface area contributed by atoms with Gasteiger partial charge in [-0.3, -0.25) is 14.9 Å². The molecule has 7 nitrogen and oxygen atoms in total. The highest BCUT2D eigenvalue weighted by atomic mass is 32.2. The van der Waals surface area contributed by atoms with Crippen molar-refractivity contribution in [3.8, 4) is 11.3 Å². The summed E-state index contributed by atoms with van der Waals surface area (Å²) in [6.07, 6.45) is 1.51. The normalized spacial score (nSPS) is 11.9. The average Bonchev–Trinajstić information content (AvgIpc) is 3.47. The summed E-state index contributed by atoms with van der Waals surface area (Å²) >= 11 is 4.10. The van der Waals surface area contributed by atoms with Crippen molar-refractivity contribution < 1.29 is 14.3 Å². The highest BCUT2D eigenvalue weighted by molar-refractivity contribution is 8.00. The zero-order valence-corrected chi connectivity index (χ0v) is 19.9. The number of hydrogen-bond donors (Lipinski definition) is 1. The molecule has 1 aromatic carbocycles. The van der Waals surface area contributed by atoms with Crippen molar-refractivity contribution in [2.24, 2.45) is 0 Å². The van der Waals surface area contributed by atoms with E-state index in [2.05, 4.69) is 39.3 Å². The molecule has 32 heavy (non-hydrogen) atoms. The monoisotopic (exact) mass is 484 g/mol. The van der Waals surface area contributed by atoms with Crippen LogP contribution in [0.3, 0.4) is 0 Å². The first-order valence-corrected chi connectivity index (χ1v) is 12.6. The maximum absolute atomic E-state index is 12.4. The third-order valence-corrected chi connectivity index (χ3v) is 7.18. The third kappa shape index (κ3) is 5.32. The third-order valence-electron chi connectivity index (χ3n) is 4.62. The van der Waals surface area contributed by atoms with Gasteiger partial charge >= 0.3 is 5.97 Å². The lowest BCUT2D eigenvalue weighted by molar-refractivity contribution is -0.150. The number of esters is 1. The van der Waals surface area contributed by atoms with E-state index in [1.54, 1.807) is 0 Å². The van der Waals surface area contributed by atoms with Crippen LogP contribution in [0, 0.1) is 0 Å². The molecule has 10 heteroatoms. The first-order valence-electron chi connectivity index (χ1n) is 9.89. The zero-order valence-electron chi connectivity index (χ0n) is 17.4. The Balaban J connectivity index is 1.29. The number of anilines is 1. The minimum absolute atomic E-state index is 0.0503. The Morgan fingerprint density at radius 1 is 1.16 bits per heavy atom. The molecular weight excluding hydrogens is 464 g/mol. The highest BCUT2D eigenvalue weighted by Crippen LogP contribution is 2.28. The Morgan fingerprint density at radius 3 is 2.75 bits per heavy atom. The smallest absolute Gasteiger partial charge is 0.317 e. The van der Waals surface area contributed by atoms with Gasteiger partial charge in [-0.2, -0.15) is 0 Å². The number of nitrogens with one attached hydrogen (secondary N) is 1. The number of thiazole rings is 1. The van der Waals surface area contributed by atoms with Crippen molar-refractivity contribution in [3.05, 3.63) is 53.0 Å². The number of ether oxygens (including phenoxy) is 1. The van der Waals surface area contributed by atoms with Gasteiger partial charge in [-0.25, -0.2) is 15.0 Å². The molecule has 0 unspecified atom stereocenters. The van der Waals surface area contributed by atoms with Crippen LogP contribution >= 0.6 is 34.4 Å². The minimum Gasteiger partial charge on any atom is -0.452 e. The fourth-order valence-electron chi connectivity index (χ4n) is 2.88. The van der Waals surface area contributed by atoms with E-state index in [4.69, 9.17) is 4.74 Å². The number of thiophene rings is 1. The summed E-state index contributed by atoms with van der Waals surface area (Å²) in [4.78, 5) is 38.4. The zero-order chi connectivity index (χ0) is 22.5. The van der Waals surface area contributed by atoms with Crippen LogP contribution in [-0.4, -0.2) is 38.7 Å². The van der Waals surface area contributed by atoms with Crippen LogP contribution in [0.25, 0.3) is 21.5 Å². The molecule has 4 rings (SSSR count). The maximum atomic E-state index is 12.4. The largest absolute Gasteiger partial charge is 0.452 e. The van der Waals surface area contributed by atoms with Gasteiger partial charge in [0.2, 0.25) is 0 Å². The number of carbonyl (C=O) groups is 2.